The fourth-order valence-electron chi connectivity index (χ4n) is 1.77. The van der Waals surface area contributed by atoms with Gasteiger partial charge in [0.05, 0.1) is 5.60 Å². The molecule has 1 saturated heterocycles. The van der Waals surface area contributed by atoms with Crippen molar-refractivity contribution in [1.29, 1.82) is 0 Å². The maximum absolute atomic E-state index is 11.6. The molecule has 0 saturated carbocycles. The average molecular weight is 265 g/mol. The first kappa shape index (κ1) is 14.4. The summed E-state index contributed by atoms with van der Waals surface area (Å²) in [6.45, 7) is 1.07. The molecule has 0 radical (unpaired) electrons. The van der Waals surface area contributed by atoms with E-state index in [1.54, 1.807) is 0 Å². The third kappa shape index (κ3) is 5.01. The molecule has 0 spiro atoms. The Morgan fingerprint density at radius 2 is 1.94 bits per heavy atom. The number of hydrogen-bond acceptors (Lipinski definition) is 5. The van der Waals surface area contributed by atoms with Crippen LogP contribution in [0.15, 0.2) is 0 Å². The van der Waals surface area contributed by atoms with Gasteiger partial charge in [-0.1, -0.05) is 0 Å². The fourth-order valence-corrected chi connectivity index (χ4v) is 2.44. The van der Waals surface area contributed by atoms with Gasteiger partial charge in [0.25, 0.3) is 0 Å². The Labute approximate surface area is 101 Å². The van der Waals surface area contributed by atoms with Gasteiger partial charge in [0.1, 0.15) is 5.75 Å². The summed E-state index contributed by atoms with van der Waals surface area (Å²) in [5.74, 6) is -1.01. The quantitative estimate of drug-likeness (QED) is 0.707. The Morgan fingerprint density at radius 1 is 1.41 bits per heavy atom. The van der Waals surface area contributed by atoms with Crippen molar-refractivity contribution in [3.05, 3.63) is 0 Å². The monoisotopic (exact) mass is 265 g/mol. The van der Waals surface area contributed by atoms with Crippen LogP contribution < -0.4 is 0 Å². The molecule has 0 aromatic carbocycles. The minimum absolute atomic E-state index is 0.144. The molecule has 1 amide bonds. The van der Waals surface area contributed by atoms with Gasteiger partial charge in [-0.2, -0.15) is 0 Å². The van der Waals surface area contributed by atoms with Crippen molar-refractivity contribution in [3.8, 4) is 0 Å². The summed E-state index contributed by atoms with van der Waals surface area (Å²) in [5, 5.41) is 10.2. The summed E-state index contributed by atoms with van der Waals surface area (Å²) in [6, 6.07) is 0. The van der Waals surface area contributed by atoms with Crippen molar-refractivity contribution in [3.63, 3.8) is 0 Å². The van der Waals surface area contributed by atoms with Crippen molar-refractivity contribution in [1.82, 2.24) is 4.90 Å². The van der Waals surface area contributed by atoms with Gasteiger partial charge in [0, 0.05) is 45.9 Å². The topological polar surface area (TPSA) is 83.9 Å². The highest BCUT2D eigenvalue weighted by atomic mass is 32.2. The zero-order valence-corrected chi connectivity index (χ0v) is 11.0. The molecule has 0 aliphatic carbocycles. The molecule has 1 N–H and O–H groups in total. The van der Waals surface area contributed by atoms with E-state index in [-0.39, 0.29) is 6.54 Å². The predicted molar refractivity (Wildman–Crippen MR) is 62.4 cm³/mol. The molecule has 0 unspecified atom stereocenters. The molecule has 1 aliphatic rings. The van der Waals surface area contributed by atoms with Gasteiger partial charge in [-0.05, 0) is 0 Å². The number of aliphatic hydroxyl groups is 1. The normalized spacial score (nSPS) is 19.9. The molecule has 0 aromatic rings. The Balaban J connectivity index is 2.53. The van der Waals surface area contributed by atoms with Crippen LogP contribution in [0.5, 0.6) is 0 Å². The van der Waals surface area contributed by atoms with Gasteiger partial charge < -0.3 is 14.7 Å². The van der Waals surface area contributed by atoms with E-state index < -0.39 is 27.1 Å². The minimum atomic E-state index is -3.33. The van der Waals surface area contributed by atoms with Crippen molar-refractivity contribution in [2.75, 3.05) is 38.8 Å². The molecule has 0 bridgehead atoms. The highest BCUT2D eigenvalue weighted by Gasteiger charge is 2.32. The Morgan fingerprint density at radius 3 is 2.41 bits per heavy atom. The Kier molecular flexibility index (Phi) is 4.51. The second-order valence-electron chi connectivity index (χ2n) is 4.66. The van der Waals surface area contributed by atoms with Crippen LogP contribution in [-0.2, 0) is 19.4 Å². The van der Waals surface area contributed by atoms with E-state index in [0.29, 0.717) is 26.1 Å². The van der Waals surface area contributed by atoms with Crippen LogP contribution in [0.2, 0.25) is 0 Å². The first-order valence-electron chi connectivity index (χ1n) is 5.44. The number of carbonyl (C=O) groups excluding carboxylic acids is 1. The van der Waals surface area contributed by atoms with Gasteiger partial charge in [-0.25, -0.2) is 8.42 Å². The summed E-state index contributed by atoms with van der Waals surface area (Å²) >= 11 is 0. The van der Waals surface area contributed by atoms with E-state index in [9.17, 15) is 18.3 Å². The Hall–Kier alpha value is -0.660. The van der Waals surface area contributed by atoms with Crippen LogP contribution in [0.25, 0.3) is 0 Å². The molecule has 1 fully saturated rings. The number of nitrogens with zero attached hydrogens (tertiary/aromatic N) is 1. The van der Waals surface area contributed by atoms with Gasteiger partial charge in [0.2, 0.25) is 5.91 Å². The lowest BCUT2D eigenvalue weighted by atomic mass is 9.94. The first-order chi connectivity index (χ1) is 7.72. The zero-order valence-electron chi connectivity index (χ0n) is 10.2. The fraction of sp³-hybridized carbons (Fsp3) is 0.900. The maximum Gasteiger partial charge on any atom is 0.237 e. The van der Waals surface area contributed by atoms with E-state index >= 15 is 0 Å². The Bertz CT molecular complexity index is 372. The average Bonchev–Trinajstić information content (AvgIpc) is 2.15. The standard InChI is InChI=1S/C10H19NO5S/c1-11(9(12)7-17(2,14)15)8-10(13)3-5-16-6-4-10/h13H,3-8H2,1-2H3. The smallest absolute Gasteiger partial charge is 0.237 e. The molecule has 17 heavy (non-hydrogen) atoms. The molecule has 6 nitrogen and oxygen atoms in total. The molecule has 100 valence electrons. The second kappa shape index (κ2) is 5.32. The third-order valence-corrected chi connectivity index (χ3v) is 3.54. The van der Waals surface area contributed by atoms with Crippen LogP contribution in [0.1, 0.15) is 12.8 Å². The highest BCUT2D eigenvalue weighted by Crippen LogP contribution is 2.21. The van der Waals surface area contributed by atoms with E-state index in [1.165, 1.54) is 11.9 Å². The maximum atomic E-state index is 11.6. The number of carbonyl (C=O) groups is 1. The van der Waals surface area contributed by atoms with E-state index in [1.807, 2.05) is 0 Å². The SMILES string of the molecule is CN(CC1(O)CCOCC1)C(=O)CS(C)(=O)=O. The van der Waals surface area contributed by atoms with Crippen molar-refractivity contribution < 1.29 is 23.1 Å². The van der Waals surface area contributed by atoms with E-state index in [4.69, 9.17) is 4.74 Å². The van der Waals surface area contributed by atoms with Gasteiger partial charge in [-0.3, -0.25) is 4.79 Å². The molecule has 0 aromatic heterocycles. The molecular weight excluding hydrogens is 246 g/mol. The van der Waals surface area contributed by atoms with E-state index in [2.05, 4.69) is 0 Å². The van der Waals surface area contributed by atoms with Crippen molar-refractivity contribution in [2.24, 2.45) is 0 Å². The number of amides is 1. The lowest BCUT2D eigenvalue weighted by Crippen LogP contribution is -2.48. The van der Waals surface area contributed by atoms with Gasteiger partial charge in [0.15, 0.2) is 9.84 Å². The van der Waals surface area contributed by atoms with Crippen LogP contribution in [0, 0.1) is 0 Å². The van der Waals surface area contributed by atoms with Crippen LogP contribution in [-0.4, -0.2) is 68.7 Å². The zero-order chi connectivity index (χ0) is 13.1. The summed E-state index contributed by atoms with van der Waals surface area (Å²) in [6.07, 6.45) is 1.94. The van der Waals surface area contributed by atoms with Crippen LogP contribution in [0.3, 0.4) is 0 Å². The summed E-state index contributed by atoms with van der Waals surface area (Å²) in [7, 11) is -1.83. The highest BCUT2D eigenvalue weighted by molar-refractivity contribution is 7.91. The summed E-state index contributed by atoms with van der Waals surface area (Å²) < 4.78 is 27.1. The molecule has 0 atom stereocenters. The molecule has 7 heteroatoms. The molecular formula is C10H19NO5S. The molecule has 1 rings (SSSR count). The lowest BCUT2D eigenvalue weighted by Gasteiger charge is -2.35. The number of sulfone groups is 1. The van der Waals surface area contributed by atoms with Gasteiger partial charge in [-0.15, -0.1) is 0 Å². The minimum Gasteiger partial charge on any atom is -0.388 e. The summed E-state index contributed by atoms with van der Waals surface area (Å²) in [5.41, 5.74) is -0.958. The van der Waals surface area contributed by atoms with Crippen LogP contribution in [0.4, 0.5) is 0 Å². The summed E-state index contributed by atoms with van der Waals surface area (Å²) in [4.78, 5) is 12.8. The largest absolute Gasteiger partial charge is 0.388 e. The number of rotatable bonds is 4. The molecule has 1 heterocycles. The lowest BCUT2D eigenvalue weighted by molar-refractivity contribution is -0.134. The van der Waals surface area contributed by atoms with Gasteiger partial charge >= 0.3 is 0 Å². The predicted octanol–water partition coefficient (Wildman–Crippen LogP) is -0.969. The number of hydrogen-bond donors (Lipinski definition) is 1. The number of likely N-dealkylation sites (N-methyl/N-ethyl adjacent to an activating group) is 1. The third-order valence-electron chi connectivity index (χ3n) is 2.77. The molecule has 1 aliphatic heterocycles. The second-order valence-corrected chi connectivity index (χ2v) is 6.80. The number of ether oxygens (including phenoxy) is 1. The van der Waals surface area contributed by atoms with E-state index in [0.717, 1.165) is 6.26 Å². The van der Waals surface area contributed by atoms with Crippen molar-refractivity contribution >= 4 is 15.7 Å². The van der Waals surface area contributed by atoms with Crippen LogP contribution >= 0.6 is 0 Å². The first-order valence-corrected chi connectivity index (χ1v) is 7.50. The van der Waals surface area contributed by atoms with Crippen molar-refractivity contribution in [2.45, 2.75) is 18.4 Å².